The highest BCUT2D eigenvalue weighted by Crippen LogP contribution is 2.38. The summed E-state index contributed by atoms with van der Waals surface area (Å²) in [6, 6.07) is 18.5. The van der Waals surface area contributed by atoms with Gasteiger partial charge in [-0.05, 0) is 42.8 Å². The van der Waals surface area contributed by atoms with E-state index < -0.39 is 30.4 Å². The van der Waals surface area contributed by atoms with Gasteiger partial charge in [-0.3, -0.25) is 24.2 Å². The Morgan fingerprint density at radius 3 is 2.28 bits per heavy atom. The number of imide groups is 1. The molecule has 180 valence electrons. The first-order valence-electron chi connectivity index (χ1n) is 10.9. The average molecular weight is 519 g/mol. The summed E-state index contributed by atoms with van der Waals surface area (Å²) in [5, 5.41) is 0.987. The highest BCUT2D eigenvalue weighted by atomic mass is 35.5. The van der Waals surface area contributed by atoms with Gasteiger partial charge in [-0.1, -0.05) is 48.0 Å². The van der Waals surface area contributed by atoms with Gasteiger partial charge in [0, 0.05) is 10.1 Å². The maximum atomic E-state index is 14.0. The third kappa shape index (κ3) is 3.84. The fourth-order valence-corrected chi connectivity index (χ4v) is 5.74. The first-order valence-corrected chi connectivity index (χ1v) is 12.1. The van der Waals surface area contributed by atoms with E-state index in [2.05, 4.69) is 0 Å². The number of aryl methyl sites for hydroxylation is 1. The van der Waals surface area contributed by atoms with Crippen LogP contribution in [-0.4, -0.2) is 42.4 Å². The molecule has 0 aliphatic carbocycles. The topological polar surface area (TPSA) is 84.0 Å². The molecule has 7 nitrogen and oxygen atoms in total. The third-order valence-electron chi connectivity index (χ3n) is 5.99. The quantitative estimate of drug-likeness (QED) is 0.255. The average Bonchev–Trinajstić information content (AvgIpc) is 3.34. The van der Waals surface area contributed by atoms with E-state index in [1.165, 1.54) is 29.4 Å². The summed E-state index contributed by atoms with van der Waals surface area (Å²) < 4.78 is 5.74. The smallest absolute Gasteiger partial charge is 0.339 e. The van der Waals surface area contributed by atoms with E-state index in [0.717, 1.165) is 20.5 Å². The predicted octanol–water partition coefficient (Wildman–Crippen LogP) is 5.55. The van der Waals surface area contributed by atoms with Gasteiger partial charge in [0.25, 0.3) is 17.7 Å². The summed E-state index contributed by atoms with van der Waals surface area (Å²) in [6.45, 7) is 1.53. The summed E-state index contributed by atoms with van der Waals surface area (Å²) in [6.07, 6.45) is 0. The first-order chi connectivity index (χ1) is 17.3. The van der Waals surface area contributed by atoms with E-state index in [-0.39, 0.29) is 32.3 Å². The number of fused-ring (bicyclic) bond motifs is 2. The lowest BCUT2D eigenvalue weighted by Crippen LogP contribution is -2.44. The number of amides is 3. The number of anilines is 1. The monoisotopic (exact) mass is 518 g/mol. The lowest BCUT2D eigenvalue weighted by molar-refractivity contribution is 0.0601. The fraction of sp³-hybridized carbons (Fsp3) is 0.111. The van der Waals surface area contributed by atoms with Gasteiger partial charge in [-0.2, -0.15) is 0 Å². The van der Waals surface area contributed by atoms with Gasteiger partial charge >= 0.3 is 5.97 Å². The maximum absolute atomic E-state index is 14.0. The summed E-state index contributed by atoms with van der Waals surface area (Å²) >= 11 is 7.84. The molecule has 0 spiro atoms. The largest absolute Gasteiger partial charge is 0.465 e. The number of methoxy groups -OCH3 is 1. The van der Waals surface area contributed by atoms with Gasteiger partial charge in [0.15, 0.2) is 0 Å². The summed E-state index contributed by atoms with van der Waals surface area (Å²) in [5.41, 5.74) is 1.82. The van der Waals surface area contributed by atoms with Crippen molar-refractivity contribution in [3.8, 4) is 0 Å². The van der Waals surface area contributed by atoms with Crippen LogP contribution in [0.2, 0.25) is 5.02 Å². The molecule has 0 N–H and O–H groups in total. The van der Waals surface area contributed by atoms with Crippen LogP contribution in [-0.2, 0) is 4.74 Å². The molecule has 1 aromatic heterocycles. The molecule has 2 heterocycles. The van der Waals surface area contributed by atoms with Crippen molar-refractivity contribution >= 4 is 62.4 Å². The zero-order chi connectivity index (χ0) is 25.6. The Hall–Kier alpha value is -4.01. The Morgan fingerprint density at radius 1 is 0.972 bits per heavy atom. The van der Waals surface area contributed by atoms with Crippen LogP contribution in [0.5, 0.6) is 0 Å². The molecule has 36 heavy (non-hydrogen) atoms. The molecule has 9 heteroatoms. The fourth-order valence-electron chi connectivity index (χ4n) is 4.18. The van der Waals surface area contributed by atoms with Crippen molar-refractivity contribution < 1.29 is 23.9 Å². The first kappa shape index (κ1) is 23.7. The van der Waals surface area contributed by atoms with E-state index >= 15 is 0 Å². The van der Waals surface area contributed by atoms with Gasteiger partial charge in [0.05, 0.1) is 34.5 Å². The molecule has 3 aromatic carbocycles. The number of rotatable bonds is 5. The second-order valence-corrected chi connectivity index (χ2v) is 9.64. The number of hydrogen-bond acceptors (Lipinski definition) is 6. The molecule has 1 aliphatic rings. The number of esters is 1. The highest BCUT2D eigenvalue weighted by Gasteiger charge is 2.38. The Kier molecular flexibility index (Phi) is 6.07. The summed E-state index contributed by atoms with van der Waals surface area (Å²) in [4.78, 5) is 55.2. The number of ether oxygens (including phenoxy) is 1. The van der Waals surface area contributed by atoms with E-state index in [9.17, 15) is 19.2 Å². The molecule has 0 saturated carbocycles. The van der Waals surface area contributed by atoms with Crippen molar-refractivity contribution in [2.75, 3.05) is 18.7 Å². The number of thiophene rings is 1. The molecule has 0 saturated heterocycles. The Bertz CT molecular complexity index is 1540. The zero-order valence-corrected chi connectivity index (χ0v) is 20.9. The van der Waals surface area contributed by atoms with E-state index in [4.69, 9.17) is 16.3 Å². The maximum Gasteiger partial charge on any atom is 0.339 e. The molecule has 1 aliphatic heterocycles. The number of hydrogen-bond donors (Lipinski definition) is 0. The molecule has 5 rings (SSSR count). The summed E-state index contributed by atoms with van der Waals surface area (Å²) in [5.74, 6) is -2.26. The van der Waals surface area contributed by atoms with E-state index in [1.54, 1.807) is 42.5 Å². The number of halogens is 1. The van der Waals surface area contributed by atoms with Gasteiger partial charge < -0.3 is 4.74 Å². The Labute approximate surface area is 215 Å². The van der Waals surface area contributed by atoms with Crippen LogP contribution in [0.3, 0.4) is 0 Å². The van der Waals surface area contributed by atoms with Crippen molar-refractivity contribution in [3.63, 3.8) is 0 Å². The second-order valence-electron chi connectivity index (χ2n) is 8.21. The highest BCUT2D eigenvalue weighted by molar-refractivity contribution is 7.21. The molecule has 0 atom stereocenters. The van der Waals surface area contributed by atoms with Crippen molar-refractivity contribution in [3.05, 3.63) is 98.9 Å². The minimum absolute atomic E-state index is 0.109. The lowest BCUT2D eigenvalue weighted by Gasteiger charge is -2.28. The number of benzene rings is 3. The van der Waals surface area contributed by atoms with Crippen molar-refractivity contribution in [2.45, 2.75) is 6.92 Å². The van der Waals surface area contributed by atoms with Crippen LogP contribution in [0.25, 0.3) is 10.1 Å². The molecule has 0 fully saturated rings. The van der Waals surface area contributed by atoms with Gasteiger partial charge in [0.1, 0.15) is 11.5 Å². The number of carbonyl (C=O) groups excluding carboxylic acids is 4. The van der Waals surface area contributed by atoms with Gasteiger partial charge in [-0.25, -0.2) is 4.79 Å². The number of nitrogens with zero attached hydrogens (tertiary/aromatic N) is 2. The van der Waals surface area contributed by atoms with Crippen LogP contribution in [0, 0.1) is 6.92 Å². The molecule has 0 bridgehead atoms. The van der Waals surface area contributed by atoms with Gasteiger partial charge in [-0.15, -0.1) is 11.3 Å². The van der Waals surface area contributed by atoms with Crippen molar-refractivity contribution in [2.24, 2.45) is 0 Å². The molecule has 4 aromatic rings. The van der Waals surface area contributed by atoms with Crippen LogP contribution in [0.15, 0.2) is 66.7 Å². The molecular weight excluding hydrogens is 500 g/mol. The minimum Gasteiger partial charge on any atom is -0.465 e. The summed E-state index contributed by atoms with van der Waals surface area (Å²) in [7, 11) is 1.24. The van der Waals surface area contributed by atoms with Crippen LogP contribution >= 0.6 is 22.9 Å². The lowest BCUT2D eigenvalue weighted by atomic mass is 10.1. The SMILES string of the molecule is COC(=O)c1ccccc1N(CN1C(=O)c2ccccc2C1=O)C(=O)c1sc2cc(C)ccc2c1Cl. The number of carbonyl (C=O) groups is 4. The Morgan fingerprint density at radius 2 is 1.61 bits per heavy atom. The van der Waals surface area contributed by atoms with E-state index in [0.29, 0.717) is 0 Å². The molecule has 3 amide bonds. The predicted molar refractivity (Wildman–Crippen MR) is 138 cm³/mol. The second kappa shape index (κ2) is 9.22. The minimum atomic E-state index is -0.663. The molecular formula is C27H19ClN2O5S. The van der Waals surface area contributed by atoms with Crippen molar-refractivity contribution in [1.29, 1.82) is 0 Å². The normalized spacial score (nSPS) is 12.7. The van der Waals surface area contributed by atoms with Crippen molar-refractivity contribution in [1.82, 2.24) is 4.90 Å². The molecule has 0 radical (unpaired) electrons. The standard InChI is InChI=1S/C27H19ClN2O5S/c1-15-11-12-19-21(13-15)36-23(22(19)28)26(33)29(20-10-6-5-9-18(20)27(34)35-2)14-30-24(31)16-7-3-4-8-17(16)25(30)32/h3-13H,14H2,1-2H3. The van der Waals surface area contributed by atoms with Crippen LogP contribution in [0.4, 0.5) is 5.69 Å². The van der Waals surface area contributed by atoms with Crippen LogP contribution in [0.1, 0.15) is 46.3 Å². The van der Waals surface area contributed by atoms with Gasteiger partial charge in [0.2, 0.25) is 0 Å². The molecule has 0 unspecified atom stereocenters. The van der Waals surface area contributed by atoms with E-state index in [1.807, 2.05) is 25.1 Å². The third-order valence-corrected chi connectivity index (χ3v) is 7.63. The Balaban J connectivity index is 1.63. The number of para-hydroxylation sites is 1. The zero-order valence-electron chi connectivity index (χ0n) is 19.3. The van der Waals surface area contributed by atoms with Crippen LogP contribution < -0.4 is 4.90 Å².